The Kier molecular flexibility index (Phi) is 4.99. The average molecular weight is 283 g/mol. The maximum Gasteiger partial charge on any atom is 0.261 e. The smallest absolute Gasteiger partial charge is 0.261 e. The van der Waals surface area contributed by atoms with Gasteiger partial charge in [-0.05, 0) is 38.0 Å². The van der Waals surface area contributed by atoms with E-state index in [-0.39, 0.29) is 5.91 Å². The van der Waals surface area contributed by atoms with Gasteiger partial charge in [-0.1, -0.05) is 48.0 Å². The molecule has 1 amide bonds. The van der Waals surface area contributed by atoms with Crippen molar-refractivity contribution >= 4 is 5.91 Å². The fourth-order valence-corrected chi connectivity index (χ4v) is 2.10. The van der Waals surface area contributed by atoms with Gasteiger partial charge >= 0.3 is 0 Å². The van der Waals surface area contributed by atoms with Gasteiger partial charge in [-0.25, -0.2) is 0 Å². The molecule has 0 unspecified atom stereocenters. The number of nitrogens with one attached hydrogen (secondary N) is 1. The molecule has 0 spiro atoms. The molecule has 2 aromatic carbocycles. The summed E-state index contributed by atoms with van der Waals surface area (Å²) in [5, 5.41) is 2.89. The molecule has 0 aromatic heterocycles. The predicted molar refractivity (Wildman–Crippen MR) is 84.3 cm³/mol. The Morgan fingerprint density at radius 3 is 2.52 bits per heavy atom. The first kappa shape index (κ1) is 15.1. The van der Waals surface area contributed by atoms with Crippen LogP contribution in [0.1, 0.15) is 23.6 Å². The normalized spacial score (nSPS) is 11.8. The minimum Gasteiger partial charge on any atom is -0.481 e. The molecule has 0 saturated carbocycles. The monoisotopic (exact) mass is 283 g/mol. The van der Waals surface area contributed by atoms with Gasteiger partial charge in [0, 0.05) is 6.54 Å². The molecular weight excluding hydrogens is 262 g/mol. The molecule has 1 atom stereocenters. The average Bonchev–Trinajstić information content (AvgIpc) is 2.48. The van der Waals surface area contributed by atoms with Gasteiger partial charge in [0.2, 0.25) is 0 Å². The summed E-state index contributed by atoms with van der Waals surface area (Å²) in [5.41, 5.74) is 3.29. The van der Waals surface area contributed by atoms with Crippen molar-refractivity contribution in [1.82, 2.24) is 5.32 Å². The van der Waals surface area contributed by atoms with Gasteiger partial charge in [0.1, 0.15) is 5.75 Å². The summed E-state index contributed by atoms with van der Waals surface area (Å²) >= 11 is 0. The summed E-state index contributed by atoms with van der Waals surface area (Å²) < 4.78 is 5.74. The first-order chi connectivity index (χ1) is 10.1. The zero-order chi connectivity index (χ0) is 15.2. The number of benzene rings is 2. The number of hydrogen-bond donors (Lipinski definition) is 1. The maximum absolute atomic E-state index is 12.1. The van der Waals surface area contributed by atoms with Gasteiger partial charge in [-0.15, -0.1) is 0 Å². The van der Waals surface area contributed by atoms with Crippen LogP contribution in [0.5, 0.6) is 5.75 Å². The van der Waals surface area contributed by atoms with Crippen molar-refractivity contribution < 1.29 is 9.53 Å². The molecule has 0 radical (unpaired) electrons. The van der Waals surface area contributed by atoms with E-state index >= 15 is 0 Å². The van der Waals surface area contributed by atoms with E-state index in [9.17, 15) is 4.79 Å². The zero-order valence-electron chi connectivity index (χ0n) is 12.7. The molecule has 2 rings (SSSR count). The first-order valence-electron chi connectivity index (χ1n) is 7.12. The van der Waals surface area contributed by atoms with Crippen molar-refractivity contribution in [1.29, 1.82) is 0 Å². The Morgan fingerprint density at radius 2 is 1.86 bits per heavy atom. The molecule has 21 heavy (non-hydrogen) atoms. The van der Waals surface area contributed by atoms with Crippen molar-refractivity contribution in [3.8, 4) is 5.75 Å². The van der Waals surface area contributed by atoms with Gasteiger partial charge in [0.05, 0.1) is 0 Å². The van der Waals surface area contributed by atoms with E-state index in [0.29, 0.717) is 6.54 Å². The first-order valence-corrected chi connectivity index (χ1v) is 7.12. The topological polar surface area (TPSA) is 38.3 Å². The second-order valence-corrected chi connectivity index (χ2v) is 5.23. The Labute approximate surface area is 126 Å². The molecule has 0 aliphatic rings. The summed E-state index contributed by atoms with van der Waals surface area (Å²) in [5.74, 6) is 0.641. The molecule has 0 aliphatic heterocycles. The van der Waals surface area contributed by atoms with Crippen LogP contribution in [0, 0.1) is 13.8 Å². The van der Waals surface area contributed by atoms with Crippen molar-refractivity contribution in [2.24, 2.45) is 0 Å². The Bertz CT molecular complexity index is 608. The summed E-state index contributed by atoms with van der Waals surface area (Å²) in [7, 11) is 0. The molecule has 0 bridgehead atoms. The second-order valence-electron chi connectivity index (χ2n) is 5.23. The lowest BCUT2D eigenvalue weighted by Gasteiger charge is -2.16. The SMILES string of the molecule is Cc1ccc(O[C@@H](C)C(=O)NCc2ccccc2)c(C)c1. The van der Waals surface area contributed by atoms with Crippen molar-refractivity contribution in [2.45, 2.75) is 33.4 Å². The van der Waals surface area contributed by atoms with Crippen molar-refractivity contribution in [2.75, 3.05) is 0 Å². The van der Waals surface area contributed by atoms with Crippen LogP contribution in [0.25, 0.3) is 0 Å². The quantitative estimate of drug-likeness (QED) is 0.913. The van der Waals surface area contributed by atoms with Gasteiger partial charge in [0.15, 0.2) is 6.10 Å². The molecule has 2 aromatic rings. The van der Waals surface area contributed by atoms with Crippen molar-refractivity contribution in [3.63, 3.8) is 0 Å². The molecule has 3 heteroatoms. The molecule has 0 heterocycles. The van der Waals surface area contributed by atoms with E-state index in [2.05, 4.69) is 5.32 Å². The molecule has 1 N–H and O–H groups in total. The third kappa shape index (κ3) is 4.35. The third-order valence-electron chi connectivity index (χ3n) is 3.31. The number of carbonyl (C=O) groups is 1. The highest BCUT2D eigenvalue weighted by atomic mass is 16.5. The second kappa shape index (κ2) is 6.93. The largest absolute Gasteiger partial charge is 0.481 e. The number of amides is 1. The lowest BCUT2D eigenvalue weighted by atomic mass is 10.1. The highest BCUT2D eigenvalue weighted by Gasteiger charge is 2.15. The molecule has 0 aliphatic carbocycles. The van der Waals surface area contributed by atoms with Crippen molar-refractivity contribution in [3.05, 3.63) is 65.2 Å². The van der Waals surface area contributed by atoms with Gasteiger partial charge in [0.25, 0.3) is 5.91 Å². The van der Waals surface area contributed by atoms with E-state index in [4.69, 9.17) is 4.74 Å². The summed E-state index contributed by atoms with van der Waals surface area (Å²) in [6.45, 7) is 6.30. The highest BCUT2D eigenvalue weighted by molar-refractivity contribution is 5.80. The Hall–Kier alpha value is -2.29. The lowest BCUT2D eigenvalue weighted by Crippen LogP contribution is -2.36. The van der Waals surface area contributed by atoms with Gasteiger partial charge in [-0.2, -0.15) is 0 Å². The van der Waals surface area contributed by atoms with Crippen LogP contribution in [-0.2, 0) is 11.3 Å². The molecule has 0 fully saturated rings. The van der Waals surface area contributed by atoms with E-state index in [0.717, 1.165) is 16.9 Å². The lowest BCUT2D eigenvalue weighted by molar-refractivity contribution is -0.127. The highest BCUT2D eigenvalue weighted by Crippen LogP contribution is 2.20. The maximum atomic E-state index is 12.1. The van der Waals surface area contributed by atoms with Gasteiger partial charge in [-0.3, -0.25) is 4.79 Å². The molecule has 0 saturated heterocycles. The zero-order valence-corrected chi connectivity index (χ0v) is 12.7. The third-order valence-corrected chi connectivity index (χ3v) is 3.31. The molecule has 110 valence electrons. The van der Waals surface area contributed by atoms with E-state index in [1.165, 1.54) is 5.56 Å². The van der Waals surface area contributed by atoms with Gasteiger partial charge < -0.3 is 10.1 Å². The standard InChI is InChI=1S/C18H21NO2/c1-13-9-10-17(14(2)11-13)21-15(3)18(20)19-12-16-7-5-4-6-8-16/h4-11,15H,12H2,1-3H3,(H,19,20)/t15-/m0/s1. The van der Waals surface area contributed by atoms with Crippen LogP contribution in [0.3, 0.4) is 0 Å². The summed E-state index contributed by atoms with van der Waals surface area (Å²) in [6.07, 6.45) is -0.518. The number of aryl methyl sites for hydroxylation is 2. The molecule has 3 nitrogen and oxygen atoms in total. The van der Waals surface area contributed by atoms with Crippen LogP contribution in [0.15, 0.2) is 48.5 Å². The summed E-state index contributed by atoms with van der Waals surface area (Å²) in [4.78, 5) is 12.1. The Morgan fingerprint density at radius 1 is 1.14 bits per heavy atom. The van der Waals surface area contributed by atoms with Crippen LogP contribution in [-0.4, -0.2) is 12.0 Å². The number of hydrogen-bond acceptors (Lipinski definition) is 2. The van der Waals surface area contributed by atoms with E-state index < -0.39 is 6.10 Å². The van der Waals surface area contributed by atoms with Crippen LogP contribution < -0.4 is 10.1 Å². The fraction of sp³-hybridized carbons (Fsp3) is 0.278. The Balaban J connectivity index is 1.90. The van der Waals surface area contributed by atoms with Crippen LogP contribution >= 0.6 is 0 Å². The summed E-state index contributed by atoms with van der Waals surface area (Å²) in [6, 6.07) is 15.8. The van der Waals surface area contributed by atoms with E-state index in [1.54, 1.807) is 6.92 Å². The number of rotatable bonds is 5. The predicted octanol–water partition coefficient (Wildman–Crippen LogP) is 3.39. The molecular formula is C18H21NO2. The van der Waals surface area contributed by atoms with Crippen LogP contribution in [0.2, 0.25) is 0 Å². The minimum absolute atomic E-state index is 0.112. The number of ether oxygens (including phenoxy) is 1. The van der Waals surface area contributed by atoms with E-state index in [1.807, 2.05) is 62.4 Å². The minimum atomic E-state index is -0.518. The number of carbonyl (C=O) groups excluding carboxylic acids is 1. The van der Waals surface area contributed by atoms with Crippen LogP contribution in [0.4, 0.5) is 0 Å². The fourth-order valence-electron chi connectivity index (χ4n) is 2.10.